The van der Waals surface area contributed by atoms with Crippen LogP contribution in [0.1, 0.15) is 5.56 Å². The van der Waals surface area contributed by atoms with Crippen LogP contribution >= 0.6 is 11.8 Å². The molecule has 0 aromatic heterocycles. The summed E-state index contributed by atoms with van der Waals surface area (Å²) >= 11 is 0.934. The molecule has 1 aliphatic rings. The Bertz CT molecular complexity index is 499. The average molecular weight is 251 g/mol. The SMILES string of the molecule is O=C(O)C1=CSC(C(=O)O)(c2ccccc2)N1. The molecule has 0 saturated carbocycles. The molecule has 17 heavy (non-hydrogen) atoms. The van der Waals surface area contributed by atoms with E-state index in [-0.39, 0.29) is 5.70 Å². The second-order valence-corrected chi connectivity index (χ2v) is 4.52. The van der Waals surface area contributed by atoms with E-state index in [9.17, 15) is 14.7 Å². The lowest BCUT2D eigenvalue weighted by Crippen LogP contribution is -2.43. The highest BCUT2D eigenvalue weighted by Gasteiger charge is 2.45. The van der Waals surface area contributed by atoms with E-state index >= 15 is 0 Å². The van der Waals surface area contributed by atoms with Gasteiger partial charge in [0.25, 0.3) is 0 Å². The summed E-state index contributed by atoms with van der Waals surface area (Å²) < 4.78 is 0. The van der Waals surface area contributed by atoms with E-state index < -0.39 is 16.8 Å². The van der Waals surface area contributed by atoms with Crippen LogP contribution < -0.4 is 5.32 Å². The molecule has 0 aliphatic carbocycles. The molecule has 0 spiro atoms. The highest BCUT2D eigenvalue weighted by atomic mass is 32.2. The molecule has 1 heterocycles. The van der Waals surface area contributed by atoms with Gasteiger partial charge < -0.3 is 15.5 Å². The van der Waals surface area contributed by atoms with E-state index in [1.54, 1.807) is 30.3 Å². The van der Waals surface area contributed by atoms with E-state index in [4.69, 9.17) is 5.11 Å². The zero-order valence-corrected chi connectivity index (χ0v) is 9.40. The number of carboxylic acids is 2. The number of carboxylic acid groups (broad SMARTS) is 2. The summed E-state index contributed by atoms with van der Waals surface area (Å²) in [7, 11) is 0. The second-order valence-electron chi connectivity index (χ2n) is 3.43. The Balaban J connectivity index is 2.39. The van der Waals surface area contributed by atoms with Gasteiger partial charge in [0.1, 0.15) is 5.70 Å². The summed E-state index contributed by atoms with van der Waals surface area (Å²) in [6.45, 7) is 0. The van der Waals surface area contributed by atoms with Crippen LogP contribution in [0.15, 0.2) is 41.4 Å². The highest BCUT2D eigenvalue weighted by Crippen LogP contribution is 2.40. The van der Waals surface area contributed by atoms with Gasteiger partial charge >= 0.3 is 11.9 Å². The monoisotopic (exact) mass is 251 g/mol. The third-order valence-corrected chi connectivity index (χ3v) is 3.60. The van der Waals surface area contributed by atoms with Gasteiger partial charge in [0.2, 0.25) is 4.87 Å². The molecule has 0 radical (unpaired) electrons. The quantitative estimate of drug-likeness (QED) is 0.748. The topological polar surface area (TPSA) is 86.6 Å². The van der Waals surface area contributed by atoms with Crippen LogP contribution in [0.25, 0.3) is 0 Å². The average Bonchev–Trinajstić information content (AvgIpc) is 2.76. The first-order valence-corrected chi connectivity index (χ1v) is 5.62. The van der Waals surface area contributed by atoms with Gasteiger partial charge in [-0.2, -0.15) is 0 Å². The van der Waals surface area contributed by atoms with Crippen molar-refractivity contribution in [1.82, 2.24) is 5.32 Å². The maximum absolute atomic E-state index is 11.4. The lowest BCUT2D eigenvalue weighted by atomic mass is 10.1. The lowest BCUT2D eigenvalue weighted by molar-refractivity contribution is -0.141. The normalized spacial score (nSPS) is 22.7. The molecule has 3 N–H and O–H groups in total. The number of nitrogens with one attached hydrogen (secondary N) is 1. The van der Waals surface area contributed by atoms with Crippen molar-refractivity contribution >= 4 is 23.7 Å². The predicted octanol–water partition coefficient (Wildman–Crippen LogP) is 1.19. The van der Waals surface area contributed by atoms with Gasteiger partial charge in [0, 0.05) is 5.41 Å². The smallest absolute Gasteiger partial charge is 0.352 e. The summed E-state index contributed by atoms with van der Waals surface area (Å²) in [5.41, 5.74) is 0.395. The van der Waals surface area contributed by atoms with E-state index in [1.807, 2.05) is 0 Å². The second kappa shape index (κ2) is 4.14. The van der Waals surface area contributed by atoms with Crippen molar-refractivity contribution in [2.45, 2.75) is 4.87 Å². The molecule has 0 bridgehead atoms. The maximum atomic E-state index is 11.4. The minimum atomic E-state index is -1.45. The largest absolute Gasteiger partial charge is 0.479 e. The molecule has 1 unspecified atom stereocenters. The summed E-state index contributed by atoms with van der Waals surface area (Å²) in [6, 6.07) is 8.48. The lowest BCUT2D eigenvalue weighted by Gasteiger charge is -2.25. The Morgan fingerprint density at radius 3 is 2.29 bits per heavy atom. The van der Waals surface area contributed by atoms with Crippen LogP contribution in [0.4, 0.5) is 0 Å². The molecule has 0 saturated heterocycles. The number of aliphatic carboxylic acids is 2. The minimum absolute atomic E-state index is 0.110. The zero-order chi connectivity index (χ0) is 12.5. The number of benzene rings is 1. The Labute approximate surface area is 101 Å². The molecular formula is C11H9NO4S. The minimum Gasteiger partial charge on any atom is -0.479 e. The van der Waals surface area contributed by atoms with Gasteiger partial charge in [-0.3, -0.25) is 0 Å². The van der Waals surface area contributed by atoms with Gasteiger partial charge in [0.15, 0.2) is 0 Å². The first kappa shape index (κ1) is 11.5. The third-order valence-electron chi connectivity index (χ3n) is 2.38. The zero-order valence-electron chi connectivity index (χ0n) is 8.58. The molecule has 0 amide bonds. The molecule has 1 aromatic carbocycles. The molecule has 5 nitrogen and oxygen atoms in total. The Morgan fingerprint density at radius 1 is 1.18 bits per heavy atom. The highest BCUT2D eigenvalue weighted by molar-refractivity contribution is 8.04. The van der Waals surface area contributed by atoms with Crippen molar-refractivity contribution in [3.8, 4) is 0 Å². The number of rotatable bonds is 3. The summed E-state index contributed by atoms with van der Waals surface area (Å²) in [4.78, 5) is 20.7. The first-order chi connectivity index (χ1) is 8.06. The Hall–Kier alpha value is -1.95. The summed E-state index contributed by atoms with van der Waals surface area (Å²) in [5.74, 6) is -2.29. The first-order valence-electron chi connectivity index (χ1n) is 4.74. The molecular weight excluding hydrogens is 242 g/mol. The molecule has 2 rings (SSSR count). The maximum Gasteiger partial charge on any atom is 0.352 e. The molecule has 1 aromatic rings. The fraction of sp³-hybridized carbons (Fsp3) is 0.0909. The number of thioether (sulfide) groups is 1. The Morgan fingerprint density at radius 2 is 1.82 bits per heavy atom. The molecule has 0 fully saturated rings. The van der Waals surface area contributed by atoms with E-state index in [0.717, 1.165) is 11.8 Å². The standard InChI is InChI=1S/C11H9NO4S/c13-9(14)8-6-17-11(12-8,10(15)16)7-4-2-1-3-5-7/h1-6,12H,(H,13,14)(H,15,16). The molecule has 88 valence electrons. The molecule has 1 aliphatic heterocycles. The van der Waals surface area contributed by atoms with Crippen LogP contribution in [0.5, 0.6) is 0 Å². The molecule has 6 heteroatoms. The van der Waals surface area contributed by atoms with Gasteiger partial charge in [-0.15, -0.1) is 0 Å². The molecule has 1 atom stereocenters. The van der Waals surface area contributed by atoms with Gasteiger partial charge in [-0.05, 0) is 5.56 Å². The predicted molar refractivity (Wildman–Crippen MR) is 62.2 cm³/mol. The number of hydrogen-bond donors (Lipinski definition) is 3. The van der Waals surface area contributed by atoms with Crippen molar-refractivity contribution in [2.24, 2.45) is 0 Å². The Kier molecular flexibility index (Phi) is 2.81. The van der Waals surface area contributed by atoms with Crippen LogP contribution in [-0.2, 0) is 14.5 Å². The van der Waals surface area contributed by atoms with Gasteiger partial charge in [-0.25, -0.2) is 9.59 Å². The van der Waals surface area contributed by atoms with E-state index in [2.05, 4.69) is 5.32 Å². The summed E-state index contributed by atoms with van der Waals surface area (Å²) in [6.07, 6.45) is 0. The van der Waals surface area contributed by atoms with Crippen LogP contribution in [0.3, 0.4) is 0 Å². The van der Waals surface area contributed by atoms with Crippen molar-refractivity contribution in [1.29, 1.82) is 0 Å². The fourth-order valence-electron chi connectivity index (χ4n) is 1.54. The van der Waals surface area contributed by atoms with Crippen LogP contribution in [0.2, 0.25) is 0 Å². The van der Waals surface area contributed by atoms with Gasteiger partial charge in [-0.1, -0.05) is 42.1 Å². The van der Waals surface area contributed by atoms with E-state index in [1.165, 1.54) is 5.41 Å². The van der Waals surface area contributed by atoms with Gasteiger partial charge in [0.05, 0.1) is 0 Å². The van der Waals surface area contributed by atoms with Crippen molar-refractivity contribution in [2.75, 3.05) is 0 Å². The summed E-state index contributed by atoms with van der Waals surface area (Å²) in [5, 5.41) is 22.0. The van der Waals surface area contributed by atoms with E-state index in [0.29, 0.717) is 5.56 Å². The van der Waals surface area contributed by atoms with Crippen molar-refractivity contribution < 1.29 is 19.8 Å². The fourth-order valence-corrected chi connectivity index (χ4v) is 2.54. The van der Waals surface area contributed by atoms with Crippen LogP contribution in [-0.4, -0.2) is 22.2 Å². The van der Waals surface area contributed by atoms with Crippen molar-refractivity contribution in [3.05, 3.63) is 47.0 Å². The number of hydrogen-bond acceptors (Lipinski definition) is 4. The van der Waals surface area contributed by atoms with Crippen LogP contribution in [0, 0.1) is 0 Å². The third kappa shape index (κ3) is 1.87. The number of carbonyl (C=O) groups is 2. The van der Waals surface area contributed by atoms with Crippen molar-refractivity contribution in [3.63, 3.8) is 0 Å².